The van der Waals surface area contributed by atoms with E-state index in [4.69, 9.17) is 19.2 Å². The quantitative estimate of drug-likeness (QED) is 0.466. The highest BCUT2D eigenvalue weighted by Gasteiger charge is 2.23. The highest BCUT2D eigenvalue weighted by molar-refractivity contribution is 5.74. The van der Waals surface area contributed by atoms with Gasteiger partial charge in [-0.05, 0) is 59.2 Å². The van der Waals surface area contributed by atoms with Crippen molar-refractivity contribution in [2.75, 3.05) is 25.5 Å². The van der Waals surface area contributed by atoms with Crippen molar-refractivity contribution < 1.29 is 14.4 Å². The molecule has 170 valence electrons. The van der Waals surface area contributed by atoms with Crippen molar-refractivity contribution in [3.8, 4) is 28.4 Å². The molecule has 1 unspecified atom stereocenters. The summed E-state index contributed by atoms with van der Waals surface area (Å²) in [6, 6.07) is 8.09. The lowest BCUT2D eigenvalue weighted by Crippen LogP contribution is -2.29. The van der Waals surface area contributed by atoms with E-state index in [-0.39, 0.29) is 6.61 Å². The van der Waals surface area contributed by atoms with Crippen LogP contribution in [0, 0.1) is 20.8 Å². The predicted molar refractivity (Wildman–Crippen MR) is 124 cm³/mol. The Morgan fingerprint density at radius 3 is 2.69 bits per heavy atom. The minimum atomic E-state index is -0.580. The van der Waals surface area contributed by atoms with Crippen molar-refractivity contribution in [2.24, 2.45) is 0 Å². The highest BCUT2D eigenvalue weighted by atomic mass is 16.5. The molecule has 2 heterocycles. The summed E-state index contributed by atoms with van der Waals surface area (Å²) in [6.45, 7) is 6.54. The Hall–Kier alpha value is -2.97. The summed E-state index contributed by atoms with van der Waals surface area (Å²) in [6.07, 6.45) is 2.96. The van der Waals surface area contributed by atoms with Crippen LogP contribution in [0.25, 0.3) is 22.6 Å². The highest BCUT2D eigenvalue weighted by Crippen LogP contribution is 2.35. The molecule has 32 heavy (non-hydrogen) atoms. The molecule has 0 radical (unpaired) electrons. The second-order valence-electron chi connectivity index (χ2n) is 8.39. The van der Waals surface area contributed by atoms with E-state index in [1.807, 2.05) is 45.0 Å². The average Bonchev–Trinajstić information content (AvgIpc) is 3.08. The van der Waals surface area contributed by atoms with E-state index >= 15 is 0 Å². The van der Waals surface area contributed by atoms with Crippen LogP contribution in [-0.2, 0) is 0 Å². The predicted octanol–water partition coefficient (Wildman–Crippen LogP) is 3.65. The average molecular weight is 438 g/mol. The second-order valence-corrected chi connectivity index (χ2v) is 8.39. The van der Waals surface area contributed by atoms with E-state index in [1.54, 1.807) is 7.05 Å². The van der Waals surface area contributed by atoms with Gasteiger partial charge in [0.25, 0.3) is 0 Å². The molecule has 0 saturated heterocycles. The molecule has 4 rings (SSSR count). The number of aryl methyl sites for hydroxylation is 2. The molecule has 8 nitrogen and oxygen atoms in total. The third kappa shape index (κ3) is 4.76. The zero-order chi connectivity index (χ0) is 22.7. The molecule has 0 amide bonds. The topological polar surface area (TPSA) is 105 Å². The fourth-order valence-electron chi connectivity index (χ4n) is 3.81. The van der Waals surface area contributed by atoms with E-state index in [0.717, 1.165) is 52.5 Å². The second kappa shape index (κ2) is 9.67. The molecule has 3 N–H and O–H groups in total. The molecule has 1 aliphatic rings. The van der Waals surface area contributed by atoms with Crippen LogP contribution in [0.2, 0.25) is 0 Å². The van der Waals surface area contributed by atoms with E-state index in [9.17, 15) is 5.11 Å². The molecule has 1 fully saturated rings. The van der Waals surface area contributed by atoms with Crippen LogP contribution in [-0.4, -0.2) is 52.6 Å². The summed E-state index contributed by atoms with van der Waals surface area (Å²) in [5.41, 5.74) is 4.36. The third-order valence-electron chi connectivity index (χ3n) is 5.84. The number of nitrogens with zero attached hydrogens (tertiary/aromatic N) is 3. The summed E-state index contributed by atoms with van der Waals surface area (Å²) in [4.78, 5) is 9.79. The normalized spacial score (nSPS) is 14.8. The van der Waals surface area contributed by atoms with Crippen LogP contribution >= 0.6 is 0 Å². The van der Waals surface area contributed by atoms with Gasteiger partial charge in [-0.15, -0.1) is 0 Å². The van der Waals surface area contributed by atoms with Crippen LogP contribution in [0.4, 0.5) is 5.82 Å². The lowest BCUT2D eigenvalue weighted by molar-refractivity contribution is 0.108. The first-order valence-electron chi connectivity index (χ1n) is 11.1. The maximum Gasteiger partial charge on any atom is 0.162 e. The number of aliphatic hydroxyl groups is 1. The van der Waals surface area contributed by atoms with Gasteiger partial charge in [0.05, 0.1) is 17.0 Å². The van der Waals surface area contributed by atoms with Gasteiger partial charge in [0.15, 0.2) is 5.82 Å². The van der Waals surface area contributed by atoms with Gasteiger partial charge in [0.1, 0.15) is 30.0 Å². The van der Waals surface area contributed by atoms with Crippen molar-refractivity contribution >= 4 is 5.82 Å². The molecule has 8 heteroatoms. The van der Waals surface area contributed by atoms with Crippen molar-refractivity contribution in [2.45, 2.75) is 52.2 Å². The van der Waals surface area contributed by atoms with Crippen LogP contribution in [0.5, 0.6) is 5.75 Å². The Balaban J connectivity index is 1.71. The number of rotatable bonds is 9. The number of benzene rings is 1. The van der Waals surface area contributed by atoms with Crippen molar-refractivity contribution in [1.82, 2.24) is 20.4 Å². The maximum absolute atomic E-state index is 9.94. The van der Waals surface area contributed by atoms with Crippen molar-refractivity contribution in [3.63, 3.8) is 0 Å². The number of aliphatic hydroxyl groups excluding tert-OH is 1. The van der Waals surface area contributed by atoms with Gasteiger partial charge in [-0.1, -0.05) is 17.3 Å². The SMILES string of the molecule is CNCC(O)COc1cccc(-c2nc(NC3CCC3)c(C)c(-c3c(C)noc3C)n2)c1. The first kappa shape index (κ1) is 22.2. The molecule has 3 aromatic rings. The molecular formula is C24H31N5O3. The van der Waals surface area contributed by atoms with Crippen LogP contribution in [0.3, 0.4) is 0 Å². The minimum Gasteiger partial charge on any atom is -0.491 e. The number of nitrogens with one attached hydrogen (secondary N) is 2. The molecule has 2 aromatic heterocycles. The Labute approximate surface area is 188 Å². The lowest BCUT2D eigenvalue weighted by atomic mass is 9.93. The van der Waals surface area contributed by atoms with Crippen molar-refractivity contribution in [1.29, 1.82) is 0 Å². The fraction of sp³-hybridized carbons (Fsp3) is 0.458. The molecule has 1 aromatic carbocycles. The monoisotopic (exact) mass is 437 g/mol. The lowest BCUT2D eigenvalue weighted by Gasteiger charge is -2.28. The Morgan fingerprint density at radius 2 is 2.03 bits per heavy atom. The number of hydrogen-bond acceptors (Lipinski definition) is 8. The Kier molecular flexibility index (Phi) is 6.72. The zero-order valence-corrected chi connectivity index (χ0v) is 19.1. The zero-order valence-electron chi connectivity index (χ0n) is 19.1. The van der Waals surface area contributed by atoms with Crippen molar-refractivity contribution in [3.05, 3.63) is 41.3 Å². The molecular weight excluding hydrogens is 406 g/mol. The van der Waals surface area contributed by atoms with Gasteiger partial charge >= 0.3 is 0 Å². The van der Waals surface area contributed by atoms with Crippen LogP contribution in [0.1, 0.15) is 36.3 Å². The molecule has 0 spiro atoms. The van der Waals surface area contributed by atoms with Gasteiger partial charge < -0.3 is 25.0 Å². The van der Waals surface area contributed by atoms with Crippen LogP contribution in [0.15, 0.2) is 28.8 Å². The third-order valence-corrected chi connectivity index (χ3v) is 5.84. The molecule has 0 aliphatic heterocycles. The summed E-state index contributed by atoms with van der Waals surface area (Å²) in [7, 11) is 1.80. The van der Waals surface area contributed by atoms with Gasteiger partial charge in [-0.3, -0.25) is 0 Å². The fourth-order valence-corrected chi connectivity index (χ4v) is 3.81. The smallest absolute Gasteiger partial charge is 0.162 e. The Morgan fingerprint density at radius 1 is 1.22 bits per heavy atom. The van der Waals surface area contributed by atoms with Gasteiger partial charge in [0.2, 0.25) is 0 Å². The molecule has 0 bridgehead atoms. The summed E-state index contributed by atoms with van der Waals surface area (Å²) >= 11 is 0. The summed E-state index contributed by atoms with van der Waals surface area (Å²) < 4.78 is 11.2. The number of hydrogen-bond donors (Lipinski definition) is 3. The number of ether oxygens (including phenoxy) is 1. The molecule has 1 saturated carbocycles. The summed E-state index contributed by atoms with van der Waals surface area (Å²) in [5.74, 6) is 2.84. The summed E-state index contributed by atoms with van der Waals surface area (Å²) in [5, 5.41) is 20.6. The van der Waals surface area contributed by atoms with Crippen LogP contribution < -0.4 is 15.4 Å². The van der Waals surface area contributed by atoms with E-state index in [1.165, 1.54) is 6.42 Å². The van der Waals surface area contributed by atoms with Gasteiger partial charge in [-0.2, -0.15) is 0 Å². The Bertz CT molecular complexity index is 1060. The molecule has 1 atom stereocenters. The van der Waals surface area contributed by atoms with E-state index < -0.39 is 6.10 Å². The number of likely N-dealkylation sites (N-methyl/N-ethyl adjacent to an activating group) is 1. The number of anilines is 1. The van der Waals surface area contributed by atoms with Gasteiger partial charge in [-0.25, -0.2) is 9.97 Å². The number of aromatic nitrogens is 3. The standard InChI is InChI=1S/C24H31N5O3/c1-14-22(21-15(2)29-32-16(21)3)27-24(28-23(14)26-18-8-6-9-18)17-7-5-10-20(11-17)31-13-19(30)12-25-4/h5,7,10-11,18-19,25,30H,6,8-9,12-13H2,1-4H3,(H,26,27,28). The molecule has 1 aliphatic carbocycles. The largest absolute Gasteiger partial charge is 0.491 e. The van der Waals surface area contributed by atoms with Gasteiger partial charge in [0, 0.05) is 23.7 Å². The van der Waals surface area contributed by atoms with E-state index in [2.05, 4.69) is 15.8 Å². The maximum atomic E-state index is 9.94. The van der Waals surface area contributed by atoms with E-state index in [0.29, 0.717) is 24.2 Å². The first-order chi connectivity index (χ1) is 15.5. The minimum absolute atomic E-state index is 0.206. The first-order valence-corrected chi connectivity index (χ1v) is 11.1.